The number of hydrogen-bond acceptors (Lipinski definition) is 10. The van der Waals surface area contributed by atoms with E-state index in [1.165, 1.54) is 13.2 Å². The molecule has 0 aliphatic carbocycles. The molecule has 304 valence electrons. The summed E-state index contributed by atoms with van der Waals surface area (Å²) in [7, 11) is 1.53. The summed E-state index contributed by atoms with van der Waals surface area (Å²) < 4.78 is 13.0. The minimum Gasteiger partial charge on any atom is -0.507 e. The predicted octanol–water partition coefficient (Wildman–Crippen LogP) is 6.16. The van der Waals surface area contributed by atoms with Crippen LogP contribution in [0.3, 0.4) is 0 Å². The number of esters is 1. The third kappa shape index (κ3) is 9.92. The molecule has 3 aliphatic heterocycles. The molecule has 3 aliphatic rings. The molecule has 0 saturated carbocycles. The van der Waals surface area contributed by atoms with Crippen molar-refractivity contribution in [2.24, 2.45) is 5.92 Å². The second-order valence-corrected chi connectivity index (χ2v) is 16.4. The molecular formula is C44H53N3O9S. The van der Waals surface area contributed by atoms with Crippen molar-refractivity contribution in [3.05, 3.63) is 92.9 Å². The number of cyclic esters (lactones) is 1. The lowest BCUT2D eigenvalue weighted by atomic mass is 9.83. The fraction of sp³-hybridized carbons (Fsp3) is 0.477. The molecule has 3 N–H and O–H groups in total. The summed E-state index contributed by atoms with van der Waals surface area (Å²) in [5.74, 6) is -1.76. The number of aromatic nitrogens is 1. The number of carbonyl (C=O) groups excluding carboxylic acids is 4. The van der Waals surface area contributed by atoms with Crippen molar-refractivity contribution in [1.29, 1.82) is 0 Å². The number of phenols is 2. The van der Waals surface area contributed by atoms with Gasteiger partial charge in [-0.05, 0) is 98.8 Å². The molecule has 2 bridgehead atoms. The summed E-state index contributed by atoms with van der Waals surface area (Å²) in [4.78, 5) is 68.9. The highest BCUT2D eigenvalue weighted by atomic mass is 32.2. The summed E-state index contributed by atoms with van der Waals surface area (Å²) in [6.45, 7) is 3.20. The summed E-state index contributed by atoms with van der Waals surface area (Å²) >= 11 is 1.57. The number of likely N-dealkylation sites (tertiary alicyclic amines) is 1. The Bertz CT molecular complexity index is 2050. The molecule has 4 heterocycles. The van der Waals surface area contributed by atoms with Crippen molar-refractivity contribution in [3.63, 3.8) is 0 Å². The SMILES string of the molecule is COc1ccc(C(CC(=O)NC(CCSC)C(=O)N2CC3CC(C2)c2cccc(=O)n2C3)c2c(O)cc3c(c2O)C(=O)OC(C)CCCC(=O)CCCC=C3)cc1. The average molecular weight is 800 g/mol. The van der Waals surface area contributed by atoms with Crippen molar-refractivity contribution in [2.75, 3.05) is 32.2 Å². The van der Waals surface area contributed by atoms with Gasteiger partial charge in [-0.1, -0.05) is 30.4 Å². The number of rotatable bonds is 10. The van der Waals surface area contributed by atoms with Gasteiger partial charge in [-0.2, -0.15) is 11.8 Å². The van der Waals surface area contributed by atoms with E-state index in [2.05, 4.69) is 5.32 Å². The van der Waals surface area contributed by atoms with Gasteiger partial charge in [0.05, 0.1) is 13.2 Å². The number of hydrogen-bond donors (Lipinski definition) is 3. The molecule has 3 aromatic rings. The lowest BCUT2D eigenvalue weighted by Gasteiger charge is -2.43. The van der Waals surface area contributed by atoms with Crippen molar-refractivity contribution < 1.29 is 38.9 Å². The lowest BCUT2D eigenvalue weighted by Crippen LogP contribution is -2.55. The second kappa shape index (κ2) is 18.9. The molecule has 0 radical (unpaired) electrons. The topological polar surface area (TPSA) is 164 Å². The number of allylic oxidation sites excluding steroid dienone is 1. The molecule has 6 rings (SSSR count). The number of phenolic OH excluding ortho intramolecular Hbond substituents is 2. The Balaban J connectivity index is 1.31. The van der Waals surface area contributed by atoms with Gasteiger partial charge in [-0.15, -0.1) is 0 Å². The zero-order valence-corrected chi connectivity index (χ0v) is 33.7. The summed E-state index contributed by atoms with van der Waals surface area (Å²) in [6, 6.07) is 12.7. The molecule has 5 unspecified atom stereocenters. The Morgan fingerprint density at radius 3 is 2.56 bits per heavy atom. The Labute approximate surface area is 337 Å². The van der Waals surface area contributed by atoms with Gasteiger partial charge in [0.1, 0.15) is 34.6 Å². The normalized spacial score (nSPS) is 21.0. The van der Waals surface area contributed by atoms with Gasteiger partial charge < -0.3 is 34.5 Å². The summed E-state index contributed by atoms with van der Waals surface area (Å²) in [5.41, 5.74) is 1.53. The number of carbonyl (C=O) groups is 4. The van der Waals surface area contributed by atoms with Gasteiger partial charge in [0.15, 0.2) is 0 Å². The Hall–Kier alpha value is -5.04. The zero-order chi connectivity index (χ0) is 40.6. The van der Waals surface area contributed by atoms with Crippen LogP contribution < -0.4 is 15.6 Å². The highest BCUT2D eigenvalue weighted by Gasteiger charge is 2.39. The molecule has 1 saturated heterocycles. The quantitative estimate of drug-likeness (QED) is 0.203. The predicted molar refractivity (Wildman–Crippen MR) is 219 cm³/mol. The number of aromatic hydroxyl groups is 2. The van der Waals surface area contributed by atoms with Crippen LogP contribution >= 0.6 is 11.8 Å². The van der Waals surface area contributed by atoms with Gasteiger partial charge in [0.2, 0.25) is 11.8 Å². The summed E-state index contributed by atoms with van der Waals surface area (Å²) in [5, 5.41) is 26.6. The number of pyridine rings is 1. The molecule has 13 heteroatoms. The van der Waals surface area contributed by atoms with Crippen LogP contribution in [-0.4, -0.2) is 87.6 Å². The van der Waals surface area contributed by atoms with Gasteiger partial charge in [-0.3, -0.25) is 19.2 Å². The summed E-state index contributed by atoms with van der Waals surface area (Å²) in [6.07, 6.45) is 8.86. The maximum atomic E-state index is 14.3. The highest BCUT2D eigenvalue weighted by Crippen LogP contribution is 2.44. The van der Waals surface area contributed by atoms with Crippen molar-refractivity contribution in [1.82, 2.24) is 14.8 Å². The van der Waals surface area contributed by atoms with Gasteiger partial charge in [-0.25, -0.2) is 4.79 Å². The first-order valence-electron chi connectivity index (χ1n) is 19.9. The first-order chi connectivity index (χ1) is 27.5. The number of ketones is 1. The number of Topliss-reactive ketones (excluding diaryl/α,β-unsaturated/α-hetero) is 1. The van der Waals surface area contributed by atoms with Crippen LogP contribution in [0.1, 0.15) is 109 Å². The van der Waals surface area contributed by atoms with E-state index < -0.39 is 35.7 Å². The molecular weight excluding hydrogens is 747 g/mol. The van der Waals surface area contributed by atoms with E-state index >= 15 is 0 Å². The molecule has 57 heavy (non-hydrogen) atoms. The Morgan fingerprint density at radius 2 is 1.81 bits per heavy atom. The number of benzene rings is 2. The minimum absolute atomic E-state index is 0.0142. The number of piperidine rings is 1. The van der Waals surface area contributed by atoms with E-state index in [1.807, 2.05) is 21.8 Å². The smallest absolute Gasteiger partial charge is 0.342 e. The minimum atomic E-state index is -0.949. The fourth-order valence-electron chi connectivity index (χ4n) is 8.47. The number of methoxy groups -OCH3 is 1. The average Bonchev–Trinajstić information content (AvgIpc) is 3.18. The van der Waals surface area contributed by atoms with E-state index in [9.17, 15) is 34.2 Å². The van der Waals surface area contributed by atoms with Crippen molar-refractivity contribution in [2.45, 2.75) is 95.2 Å². The van der Waals surface area contributed by atoms with Crippen LogP contribution in [0.15, 0.2) is 59.4 Å². The van der Waals surface area contributed by atoms with Crippen molar-refractivity contribution in [3.8, 4) is 17.2 Å². The van der Waals surface area contributed by atoms with Crippen LogP contribution in [0.25, 0.3) is 6.08 Å². The number of nitrogens with one attached hydrogen (secondary N) is 1. The second-order valence-electron chi connectivity index (χ2n) is 15.4. The largest absolute Gasteiger partial charge is 0.507 e. The van der Waals surface area contributed by atoms with E-state index in [-0.39, 0.29) is 57.9 Å². The molecule has 1 aromatic heterocycles. The van der Waals surface area contributed by atoms with E-state index in [0.717, 1.165) is 12.1 Å². The highest BCUT2D eigenvalue weighted by molar-refractivity contribution is 7.98. The molecule has 2 aromatic carbocycles. The number of nitrogens with zero attached hydrogens (tertiary/aromatic N) is 2. The Kier molecular flexibility index (Phi) is 13.8. The Morgan fingerprint density at radius 1 is 1.04 bits per heavy atom. The number of fused-ring (bicyclic) bond motifs is 5. The molecule has 2 amide bonds. The maximum Gasteiger partial charge on any atom is 0.342 e. The maximum absolute atomic E-state index is 14.3. The lowest BCUT2D eigenvalue weighted by molar-refractivity contribution is -0.139. The third-order valence-electron chi connectivity index (χ3n) is 11.3. The van der Waals surface area contributed by atoms with Crippen molar-refractivity contribution >= 4 is 41.4 Å². The zero-order valence-electron chi connectivity index (χ0n) is 32.9. The standard InChI is InChI=1S/C44H53N3O9S/c1-27-9-7-12-32(48)11-6-4-5-10-30-22-37(49)41(42(52)40(30)44(54)56-27)34(29-15-17-33(55-2)18-16-29)23-38(50)45-35(19-20-57-3)43(53)46-24-28-21-31(26-46)36-13-8-14-39(51)47(36)25-28/h5,8,10,13-18,22,27-28,31,34-35,49,52H,4,6-7,9,11-12,19-21,23-26H2,1-3H3,(H,45,50). The van der Waals surface area contributed by atoms with Crippen LogP contribution in [0.5, 0.6) is 17.2 Å². The van der Waals surface area contributed by atoms with E-state index in [1.54, 1.807) is 67.2 Å². The first-order valence-corrected chi connectivity index (χ1v) is 21.3. The molecule has 1 fully saturated rings. The van der Waals surface area contributed by atoms with Gasteiger partial charge >= 0.3 is 5.97 Å². The molecule has 0 spiro atoms. The third-order valence-corrected chi connectivity index (χ3v) is 12.0. The molecule has 5 atom stereocenters. The molecule has 12 nitrogen and oxygen atoms in total. The van der Waals surface area contributed by atoms with Crippen LogP contribution in [0.2, 0.25) is 0 Å². The monoisotopic (exact) mass is 799 g/mol. The first kappa shape index (κ1) is 41.6. The van der Waals surface area contributed by atoms with E-state index in [4.69, 9.17) is 9.47 Å². The van der Waals surface area contributed by atoms with Gasteiger partial charge in [0.25, 0.3) is 5.56 Å². The number of ether oxygens (including phenoxy) is 2. The van der Waals surface area contributed by atoms with Crippen LogP contribution in [0, 0.1) is 5.92 Å². The fourth-order valence-corrected chi connectivity index (χ4v) is 8.94. The van der Waals surface area contributed by atoms with Crippen LogP contribution in [-0.2, 0) is 25.7 Å². The van der Waals surface area contributed by atoms with Crippen LogP contribution in [0.4, 0.5) is 0 Å². The number of amides is 2. The number of thioether (sulfide) groups is 1. The van der Waals surface area contributed by atoms with Gasteiger partial charge in [0, 0.05) is 68.1 Å². The van der Waals surface area contributed by atoms with E-state index in [0.29, 0.717) is 81.6 Å².